The lowest BCUT2D eigenvalue weighted by molar-refractivity contribution is 0.102. The number of nitrogens with zero attached hydrogens (tertiary/aromatic N) is 4. The first-order chi connectivity index (χ1) is 8.16. The number of carbonyl (C=O) groups excluding carboxylic acids is 1. The average Bonchev–Trinajstić information content (AvgIpc) is 2.30. The van der Waals surface area contributed by atoms with Crippen LogP contribution in [0.25, 0.3) is 0 Å². The van der Waals surface area contributed by atoms with E-state index >= 15 is 0 Å². The summed E-state index contributed by atoms with van der Waals surface area (Å²) >= 11 is 0. The third-order valence-corrected chi connectivity index (χ3v) is 2.03. The number of hydrogen-bond acceptors (Lipinski definition) is 6. The number of nitrogens with one attached hydrogen (secondary N) is 1. The van der Waals surface area contributed by atoms with Crippen LogP contribution in [0.2, 0.25) is 0 Å². The van der Waals surface area contributed by atoms with E-state index < -0.39 is 5.91 Å². The second-order valence-corrected chi connectivity index (χ2v) is 3.33. The molecule has 3 N–H and O–H groups in total. The van der Waals surface area contributed by atoms with Gasteiger partial charge in [0.2, 0.25) is 5.95 Å². The fourth-order valence-electron chi connectivity index (χ4n) is 1.24. The largest absolute Gasteiger partial charge is 0.398 e. The van der Waals surface area contributed by atoms with E-state index in [0.717, 1.165) is 5.69 Å². The van der Waals surface area contributed by atoms with Crippen LogP contribution in [0, 0.1) is 6.92 Å². The summed E-state index contributed by atoms with van der Waals surface area (Å²) in [4.78, 5) is 19.6. The van der Waals surface area contributed by atoms with E-state index in [1.165, 1.54) is 18.6 Å². The van der Waals surface area contributed by atoms with Crippen LogP contribution in [0.15, 0.2) is 24.7 Å². The van der Waals surface area contributed by atoms with Gasteiger partial charge in [-0.05, 0) is 13.0 Å². The summed E-state index contributed by atoms with van der Waals surface area (Å²) in [6.45, 7) is 1.79. The van der Waals surface area contributed by atoms with Crippen molar-refractivity contribution >= 4 is 17.5 Å². The fraction of sp³-hybridized carbons (Fsp3) is 0.100. The highest BCUT2D eigenvalue weighted by atomic mass is 16.1. The van der Waals surface area contributed by atoms with Crippen molar-refractivity contribution in [3.8, 4) is 0 Å². The van der Waals surface area contributed by atoms with Gasteiger partial charge in [0.15, 0.2) is 0 Å². The molecule has 0 spiro atoms. The molecule has 0 fully saturated rings. The molecule has 0 bridgehead atoms. The minimum Gasteiger partial charge on any atom is -0.398 e. The molecule has 0 radical (unpaired) electrons. The van der Waals surface area contributed by atoms with Gasteiger partial charge in [-0.2, -0.15) is 5.10 Å². The minimum absolute atomic E-state index is 0.123. The molecule has 0 aromatic carbocycles. The number of amides is 1. The van der Waals surface area contributed by atoms with E-state index in [2.05, 4.69) is 25.5 Å². The topological polar surface area (TPSA) is 107 Å². The maximum atomic E-state index is 11.8. The van der Waals surface area contributed by atoms with E-state index in [9.17, 15) is 4.79 Å². The van der Waals surface area contributed by atoms with Crippen molar-refractivity contribution in [2.45, 2.75) is 6.92 Å². The van der Waals surface area contributed by atoms with Crippen molar-refractivity contribution in [2.24, 2.45) is 0 Å². The van der Waals surface area contributed by atoms with E-state index in [4.69, 9.17) is 5.73 Å². The normalized spacial score (nSPS) is 9.94. The lowest BCUT2D eigenvalue weighted by Crippen LogP contribution is -2.16. The Hall–Kier alpha value is -2.57. The molecule has 1 amide bonds. The second-order valence-electron chi connectivity index (χ2n) is 3.33. The van der Waals surface area contributed by atoms with Gasteiger partial charge in [-0.1, -0.05) is 0 Å². The van der Waals surface area contributed by atoms with Crippen LogP contribution in [0.4, 0.5) is 11.6 Å². The number of carbonyl (C=O) groups is 1. The molecule has 7 nitrogen and oxygen atoms in total. The van der Waals surface area contributed by atoms with E-state index in [1.54, 1.807) is 13.0 Å². The van der Waals surface area contributed by atoms with Crippen LogP contribution < -0.4 is 11.1 Å². The maximum absolute atomic E-state index is 11.8. The van der Waals surface area contributed by atoms with Crippen molar-refractivity contribution in [1.82, 2.24) is 20.2 Å². The zero-order valence-electron chi connectivity index (χ0n) is 9.08. The summed E-state index contributed by atoms with van der Waals surface area (Å²) in [5.41, 5.74) is 7.11. The quantitative estimate of drug-likeness (QED) is 0.773. The molecule has 7 heteroatoms. The highest BCUT2D eigenvalue weighted by molar-refractivity contribution is 6.06. The van der Waals surface area contributed by atoms with Crippen molar-refractivity contribution in [2.75, 3.05) is 11.1 Å². The molecule has 2 heterocycles. The zero-order chi connectivity index (χ0) is 12.3. The Kier molecular flexibility index (Phi) is 2.91. The lowest BCUT2D eigenvalue weighted by atomic mass is 10.2. The number of anilines is 2. The number of rotatable bonds is 2. The first-order valence-corrected chi connectivity index (χ1v) is 4.84. The summed E-state index contributed by atoms with van der Waals surface area (Å²) in [6.07, 6.45) is 4.26. The molecule has 0 aliphatic carbocycles. The summed E-state index contributed by atoms with van der Waals surface area (Å²) in [7, 11) is 0. The van der Waals surface area contributed by atoms with E-state index in [0.29, 0.717) is 5.69 Å². The Morgan fingerprint density at radius 3 is 2.82 bits per heavy atom. The maximum Gasteiger partial charge on any atom is 0.261 e. The molecule has 2 aromatic heterocycles. The lowest BCUT2D eigenvalue weighted by Gasteiger charge is -2.05. The van der Waals surface area contributed by atoms with Gasteiger partial charge < -0.3 is 5.73 Å². The zero-order valence-corrected chi connectivity index (χ0v) is 9.08. The first-order valence-electron chi connectivity index (χ1n) is 4.84. The third-order valence-electron chi connectivity index (χ3n) is 2.03. The van der Waals surface area contributed by atoms with Crippen LogP contribution in [-0.4, -0.2) is 26.1 Å². The van der Waals surface area contributed by atoms with Crippen LogP contribution >= 0.6 is 0 Å². The number of hydrogen-bond donors (Lipinski definition) is 2. The van der Waals surface area contributed by atoms with Gasteiger partial charge in [0.1, 0.15) is 0 Å². The van der Waals surface area contributed by atoms with Gasteiger partial charge >= 0.3 is 0 Å². The molecule has 2 rings (SSSR count). The molecule has 0 atom stereocenters. The molecule has 2 aromatic rings. The molecule has 0 aliphatic rings. The number of aryl methyl sites for hydroxylation is 1. The van der Waals surface area contributed by atoms with Crippen molar-refractivity contribution in [3.63, 3.8) is 0 Å². The standard InChI is InChI=1S/C10H10N6O/c1-6-4-8(11)7(5-13-6)9(17)15-10-12-2-3-14-16-10/h2-5H,1H3,(H2,11,13)(H,12,15,16,17). The average molecular weight is 230 g/mol. The number of aromatic nitrogens is 4. The summed E-state index contributed by atoms with van der Waals surface area (Å²) in [5.74, 6) is -0.291. The van der Waals surface area contributed by atoms with Gasteiger partial charge in [0.25, 0.3) is 5.91 Å². The predicted molar refractivity (Wildman–Crippen MR) is 61.2 cm³/mol. The fourth-order valence-corrected chi connectivity index (χ4v) is 1.24. The van der Waals surface area contributed by atoms with Crippen LogP contribution in [0.5, 0.6) is 0 Å². The molecule has 0 saturated carbocycles. The van der Waals surface area contributed by atoms with Crippen LogP contribution in [-0.2, 0) is 0 Å². The molecular formula is C10H10N6O. The number of nitrogens with two attached hydrogens (primary N) is 1. The van der Waals surface area contributed by atoms with Gasteiger partial charge in [0, 0.05) is 17.6 Å². The van der Waals surface area contributed by atoms with Gasteiger partial charge in [-0.3, -0.25) is 15.1 Å². The van der Waals surface area contributed by atoms with Crippen LogP contribution in [0.3, 0.4) is 0 Å². The number of pyridine rings is 1. The number of nitrogen functional groups attached to an aromatic ring is 1. The highest BCUT2D eigenvalue weighted by Crippen LogP contribution is 2.12. The van der Waals surface area contributed by atoms with Gasteiger partial charge in [-0.15, -0.1) is 5.10 Å². The van der Waals surface area contributed by atoms with Crippen LogP contribution in [0.1, 0.15) is 16.1 Å². The van der Waals surface area contributed by atoms with Crippen molar-refractivity contribution in [3.05, 3.63) is 35.9 Å². The van der Waals surface area contributed by atoms with E-state index in [1.807, 2.05) is 0 Å². The Balaban J connectivity index is 2.21. The molecule has 0 unspecified atom stereocenters. The monoisotopic (exact) mass is 230 g/mol. The first kappa shape index (κ1) is 10.9. The highest BCUT2D eigenvalue weighted by Gasteiger charge is 2.11. The summed E-state index contributed by atoms with van der Waals surface area (Å²) < 4.78 is 0. The van der Waals surface area contributed by atoms with Crippen molar-refractivity contribution in [1.29, 1.82) is 0 Å². The predicted octanol–water partition coefficient (Wildman–Crippen LogP) is 0.410. The molecule has 0 saturated heterocycles. The van der Waals surface area contributed by atoms with Gasteiger partial charge in [-0.25, -0.2) is 4.98 Å². The molecule has 17 heavy (non-hydrogen) atoms. The second kappa shape index (κ2) is 4.52. The van der Waals surface area contributed by atoms with E-state index in [-0.39, 0.29) is 11.5 Å². The summed E-state index contributed by atoms with van der Waals surface area (Å²) in [6, 6.07) is 1.62. The molecule has 86 valence electrons. The molecule has 0 aliphatic heterocycles. The Labute approximate surface area is 97.1 Å². The van der Waals surface area contributed by atoms with Gasteiger partial charge in [0.05, 0.1) is 18.0 Å². The smallest absolute Gasteiger partial charge is 0.261 e. The Morgan fingerprint density at radius 2 is 2.18 bits per heavy atom. The Morgan fingerprint density at radius 1 is 1.35 bits per heavy atom. The minimum atomic E-state index is -0.414. The summed E-state index contributed by atoms with van der Waals surface area (Å²) in [5, 5.41) is 9.71. The Bertz CT molecular complexity index is 542. The molecular weight excluding hydrogens is 220 g/mol. The SMILES string of the molecule is Cc1cc(N)c(C(=O)Nc2nccnn2)cn1. The third kappa shape index (κ3) is 2.51. The van der Waals surface area contributed by atoms with Crippen molar-refractivity contribution < 1.29 is 4.79 Å².